The van der Waals surface area contributed by atoms with Crippen LogP contribution in [0.15, 0.2) is 40.9 Å². The van der Waals surface area contributed by atoms with Crippen molar-refractivity contribution in [2.75, 3.05) is 11.9 Å². The van der Waals surface area contributed by atoms with Gasteiger partial charge in [-0.2, -0.15) is 0 Å². The second-order valence-electron chi connectivity index (χ2n) is 7.68. The minimum absolute atomic E-state index is 0.196. The molecule has 1 aromatic carbocycles. The summed E-state index contributed by atoms with van der Waals surface area (Å²) >= 11 is 3.34. The number of anilines is 1. The van der Waals surface area contributed by atoms with Crippen LogP contribution in [-0.4, -0.2) is 29.7 Å². The third kappa shape index (κ3) is 2.71. The molecular formula is C20H21BrN2O3. The van der Waals surface area contributed by atoms with Gasteiger partial charge >= 0.3 is 0 Å². The van der Waals surface area contributed by atoms with Crippen molar-refractivity contribution < 1.29 is 14.4 Å². The Morgan fingerprint density at radius 2 is 1.88 bits per heavy atom. The summed E-state index contributed by atoms with van der Waals surface area (Å²) in [4.78, 5) is 37.8. The van der Waals surface area contributed by atoms with Crippen molar-refractivity contribution in [2.45, 2.75) is 19.8 Å². The van der Waals surface area contributed by atoms with Gasteiger partial charge in [0.2, 0.25) is 18.2 Å². The highest BCUT2D eigenvalue weighted by Crippen LogP contribution is 2.72. The van der Waals surface area contributed by atoms with Gasteiger partial charge < -0.3 is 5.32 Å². The molecule has 0 radical (unpaired) electrons. The summed E-state index contributed by atoms with van der Waals surface area (Å²) in [5.41, 5.74) is 0.887. The summed E-state index contributed by atoms with van der Waals surface area (Å²) < 4.78 is 0.910. The van der Waals surface area contributed by atoms with Gasteiger partial charge in [-0.1, -0.05) is 35.0 Å². The quantitative estimate of drug-likeness (QED) is 0.591. The molecule has 2 bridgehead atoms. The van der Waals surface area contributed by atoms with Crippen LogP contribution in [0.3, 0.4) is 0 Å². The summed E-state index contributed by atoms with van der Waals surface area (Å²) in [7, 11) is 0. The highest BCUT2D eigenvalue weighted by atomic mass is 79.9. The molecule has 26 heavy (non-hydrogen) atoms. The van der Waals surface area contributed by atoms with Crippen molar-refractivity contribution in [1.29, 1.82) is 0 Å². The fourth-order valence-electron chi connectivity index (χ4n) is 5.01. The fraction of sp³-hybridized carbons (Fsp3) is 0.450. The van der Waals surface area contributed by atoms with Crippen LogP contribution >= 0.6 is 15.9 Å². The first-order valence-corrected chi connectivity index (χ1v) is 9.75. The van der Waals surface area contributed by atoms with Gasteiger partial charge in [-0.25, -0.2) is 0 Å². The smallest absolute Gasteiger partial charge is 0.244 e. The molecule has 4 atom stereocenters. The standard InChI is InChI=1S/C20H21BrN2O3/c1-12-15-6-7-16(20(15)8-9-20)18(12)19(26)23(11-24)10-17(25)22-14-4-2-13(21)3-5-14/h2-7,11-12,15-16,18H,8-10H2,1H3,(H,22,25). The van der Waals surface area contributed by atoms with E-state index in [1.54, 1.807) is 12.1 Å². The summed E-state index contributed by atoms with van der Waals surface area (Å²) in [5.74, 6) is 0.0792. The molecule has 0 heterocycles. The lowest BCUT2D eigenvalue weighted by Gasteiger charge is -2.27. The molecule has 2 fully saturated rings. The summed E-state index contributed by atoms with van der Waals surface area (Å²) in [6.45, 7) is 1.84. The number of rotatable bonds is 5. The van der Waals surface area contributed by atoms with Gasteiger partial charge in [-0.3, -0.25) is 19.3 Å². The minimum atomic E-state index is -0.375. The van der Waals surface area contributed by atoms with Gasteiger partial charge in [-0.15, -0.1) is 0 Å². The Bertz CT molecular complexity index is 785. The van der Waals surface area contributed by atoms with Gasteiger partial charge in [0.15, 0.2) is 0 Å². The molecule has 3 aliphatic rings. The van der Waals surface area contributed by atoms with Crippen LogP contribution in [0.1, 0.15) is 19.8 Å². The summed E-state index contributed by atoms with van der Waals surface area (Å²) in [5, 5.41) is 2.73. The SMILES string of the molecule is CC1C(C(=O)N(C=O)CC(=O)Nc2ccc(Br)cc2)C2C=CC1C21CC1. The number of nitrogens with zero attached hydrogens (tertiary/aromatic N) is 1. The molecule has 0 saturated heterocycles. The zero-order chi connectivity index (χ0) is 18.5. The molecule has 136 valence electrons. The van der Waals surface area contributed by atoms with Crippen molar-refractivity contribution in [2.24, 2.45) is 29.1 Å². The lowest BCUT2D eigenvalue weighted by atomic mass is 9.83. The van der Waals surface area contributed by atoms with Crippen molar-refractivity contribution in [1.82, 2.24) is 4.90 Å². The number of hydrogen-bond acceptors (Lipinski definition) is 3. The second kappa shape index (κ2) is 6.34. The number of carbonyl (C=O) groups is 3. The molecular weight excluding hydrogens is 396 g/mol. The van der Waals surface area contributed by atoms with Crippen molar-refractivity contribution in [3.8, 4) is 0 Å². The van der Waals surface area contributed by atoms with Crippen LogP contribution in [0.5, 0.6) is 0 Å². The average Bonchev–Trinajstić information content (AvgIpc) is 3.29. The molecule has 0 aliphatic heterocycles. The number of amides is 3. The monoisotopic (exact) mass is 416 g/mol. The van der Waals surface area contributed by atoms with E-state index in [0.29, 0.717) is 18.0 Å². The number of halogens is 1. The average molecular weight is 417 g/mol. The molecule has 3 aliphatic carbocycles. The Labute approximate surface area is 160 Å². The first kappa shape index (κ1) is 17.5. The van der Waals surface area contributed by atoms with Gasteiger partial charge in [0.05, 0.1) is 0 Å². The van der Waals surface area contributed by atoms with E-state index in [0.717, 1.165) is 22.2 Å². The van der Waals surface area contributed by atoms with E-state index in [4.69, 9.17) is 0 Å². The van der Waals surface area contributed by atoms with Crippen LogP contribution in [-0.2, 0) is 14.4 Å². The van der Waals surface area contributed by atoms with Crippen LogP contribution in [0.4, 0.5) is 5.69 Å². The number of benzene rings is 1. The maximum Gasteiger partial charge on any atom is 0.244 e. The third-order valence-electron chi connectivity index (χ3n) is 6.34. The number of carbonyl (C=O) groups excluding carboxylic acids is 3. The van der Waals surface area contributed by atoms with Gasteiger partial charge in [-0.05, 0) is 60.3 Å². The Morgan fingerprint density at radius 1 is 1.23 bits per heavy atom. The van der Waals surface area contributed by atoms with Gasteiger partial charge in [0.1, 0.15) is 6.54 Å². The van der Waals surface area contributed by atoms with E-state index in [-0.39, 0.29) is 41.5 Å². The van der Waals surface area contributed by atoms with E-state index in [1.807, 2.05) is 12.1 Å². The third-order valence-corrected chi connectivity index (χ3v) is 6.87. The second-order valence-corrected chi connectivity index (χ2v) is 8.60. The Kier molecular flexibility index (Phi) is 4.26. The lowest BCUT2D eigenvalue weighted by molar-refractivity contribution is -0.145. The zero-order valence-corrected chi connectivity index (χ0v) is 16.1. The number of nitrogens with one attached hydrogen (secondary N) is 1. The lowest BCUT2D eigenvalue weighted by Crippen LogP contribution is -2.43. The largest absolute Gasteiger partial charge is 0.325 e. The highest BCUT2D eigenvalue weighted by Gasteiger charge is 2.67. The molecule has 2 saturated carbocycles. The maximum atomic E-state index is 13.0. The van der Waals surface area contributed by atoms with E-state index in [9.17, 15) is 14.4 Å². The van der Waals surface area contributed by atoms with Crippen molar-refractivity contribution in [3.63, 3.8) is 0 Å². The molecule has 4 unspecified atom stereocenters. The predicted octanol–water partition coefficient (Wildman–Crippen LogP) is 3.22. The molecule has 3 amide bonds. The van der Waals surface area contributed by atoms with E-state index in [2.05, 4.69) is 40.3 Å². The van der Waals surface area contributed by atoms with E-state index < -0.39 is 0 Å². The molecule has 5 nitrogen and oxygen atoms in total. The van der Waals surface area contributed by atoms with Gasteiger partial charge in [0, 0.05) is 16.1 Å². The fourth-order valence-corrected chi connectivity index (χ4v) is 5.27. The number of allylic oxidation sites excluding steroid dienone is 2. The number of imide groups is 1. The van der Waals surface area contributed by atoms with Crippen molar-refractivity contribution in [3.05, 3.63) is 40.9 Å². The molecule has 4 rings (SSSR count). The van der Waals surface area contributed by atoms with Crippen LogP contribution in [0.2, 0.25) is 0 Å². The molecule has 1 aromatic rings. The van der Waals surface area contributed by atoms with E-state index in [1.165, 1.54) is 0 Å². The number of hydrogen-bond donors (Lipinski definition) is 1. The Hall–Kier alpha value is -1.95. The Balaban J connectivity index is 1.43. The van der Waals surface area contributed by atoms with Crippen LogP contribution in [0.25, 0.3) is 0 Å². The molecule has 0 aromatic heterocycles. The molecule has 1 spiro atoms. The Morgan fingerprint density at radius 3 is 2.46 bits per heavy atom. The van der Waals surface area contributed by atoms with E-state index >= 15 is 0 Å². The summed E-state index contributed by atoms with van der Waals surface area (Å²) in [6.07, 6.45) is 7.22. The van der Waals surface area contributed by atoms with Crippen LogP contribution < -0.4 is 5.32 Å². The highest BCUT2D eigenvalue weighted by molar-refractivity contribution is 9.10. The van der Waals surface area contributed by atoms with Gasteiger partial charge in [0.25, 0.3) is 0 Å². The normalized spacial score (nSPS) is 29.6. The summed E-state index contributed by atoms with van der Waals surface area (Å²) in [6, 6.07) is 7.15. The predicted molar refractivity (Wildman–Crippen MR) is 101 cm³/mol. The van der Waals surface area contributed by atoms with Crippen molar-refractivity contribution >= 4 is 39.8 Å². The zero-order valence-electron chi connectivity index (χ0n) is 14.5. The molecule has 1 N–H and O–H groups in total. The first-order valence-electron chi connectivity index (χ1n) is 8.96. The first-order chi connectivity index (χ1) is 12.5. The topological polar surface area (TPSA) is 66.5 Å². The molecule has 6 heteroatoms. The maximum absolute atomic E-state index is 13.0. The van der Waals surface area contributed by atoms with Crippen LogP contribution in [0, 0.1) is 29.1 Å². The minimum Gasteiger partial charge on any atom is -0.325 e.